The van der Waals surface area contributed by atoms with E-state index < -0.39 is 0 Å². The standard InChI is InChI=1S/C16H17N5O2S/c22-16(17-8-14-19-12-5-1-2-6-13(12)24-14)21-7-3-4-11(9-21)15-18-10-23-20-15/h1-2,5-6,10-11H,3-4,7-9H2,(H,17,22). The third kappa shape index (κ3) is 3.09. The van der Waals surface area contributed by atoms with Gasteiger partial charge in [0, 0.05) is 19.0 Å². The average molecular weight is 343 g/mol. The van der Waals surface area contributed by atoms with Gasteiger partial charge in [-0.1, -0.05) is 17.3 Å². The second kappa shape index (κ2) is 6.56. The van der Waals surface area contributed by atoms with Crippen molar-refractivity contribution in [1.82, 2.24) is 25.3 Å². The lowest BCUT2D eigenvalue weighted by Gasteiger charge is -2.31. The van der Waals surface area contributed by atoms with Gasteiger partial charge in [-0.05, 0) is 25.0 Å². The summed E-state index contributed by atoms with van der Waals surface area (Å²) in [7, 11) is 0. The lowest BCUT2D eigenvalue weighted by atomic mass is 9.98. The van der Waals surface area contributed by atoms with Crippen LogP contribution in [0.4, 0.5) is 4.79 Å². The van der Waals surface area contributed by atoms with E-state index in [1.165, 1.54) is 6.39 Å². The van der Waals surface area contributed by atoms with Crippen LogP contribution in [-0.4, -0.2) is 39.1 Å². The van der Waals surface area contributed by atoms with E-state index >= 15 is 0 Å². The van der Waals surface area contributed by atoms with Crippen molar-refractivity contribution in [2.24, 2.45) is 0 Å². The van der Waals surface area contributed by atoms with E-state index in [0.29, 0.717) is 18.9 Å². The van der Waals surface area contributed by atoms with Gasteiger partial charge in [-0.2, -0.15) is 4.98 Å². The molecule has 3 aromatic rings. The van der Waals surface area contributed by atoms with Crippen LogP contribution in [0.1, 0.15) is 29.6 Å². The van der Waals surface area contributed by atoms with E-state index in [1.807, 2.05) is 29.2 Å². The van der Waals surface area contributed by atoms with E-state index in [9.17, 15) is 4.79 Å². The van der Waals surface area contributed by atoms with Crippen molar-refractivity contribution < 1.29 is 9.32 Å². The second-order valence-electron chi connectivity index (χ2n) is 5.81. The number of carbonyl (C=O) groups is 1. The number of carbonyl (C=O) groups excluding carboxylic acids is 1. The predicted molar refractivity (Wildman–Crippen MR) is 89.7 cm³/mol. The lowest BCUT2D eigenvalue weighted by Crippen LogP contribution is -2.44. The maximum atomic E-state index is 12.4. The first-order valence-corrected chi connectivity index (χ1v) is 8.75. The highest BCUT2D eigenvalue weighted by Crippen LogP contribution is 2.24. The summed E-state index contributed by atoms with van der Waals surface area (Å²) in [6.07, 6.45) is 3.25. The highest BCUT2D eigenvalue weighted by molar-refractivity contribution is 7.18. The van der Waals surface area contributed by atoms with Crippen LogP contribution in [0.5, 0.6) is 0 Å². The van der Waals surface area contributed by atoms with Gasteiger partial charge in [-0.15, -0.1) is 11.3 Å². The number of nitrogens with one attached hydrogen (secondary N) is 1. The monoisotopic (exact) mass is 343 g/mol. The molecule has 1 aliphatic heterocycles. The molecule has 1 fully saturated rings. The zero-order valence-corrected chi connectivity index (χ0v) is 13.8. The molecule has 4 rings (SSSR count). The summed E-state index contributed by atoms with van der Waals surface area (Å²) in [5, 5.41) is 7.78. The maximum absolute atomic E-state index is 12.4. The number of piperidine rings is 1. The highest BCUT2D eigenvalue weighted by Gasteiger charge is 2.27. The van der Waals surface area contributed by atoms with Gasteiger partial charge >= 0.3 is 6.03 Å². The number of fused-ring (bicyclic) bond motifs is 1. The molecule has 2 aromatic heterocycles. The number of para-hydroxylation sites is 1. The molecule has 1 atom stereocenters. The zero-order valence-electron chi connectivity index (χ0n) is 13.0. The maximum Gasteiger partial charge on any atom is 0.317 e. The molecule has 1 N–H and O–H groups in total. The molecule has 0 bridgehead atoms. The molecule has 3 heterocycles. The van der Waals surface area contributed by atoms with Crippen molar-refractivity contribution in [1.29, 1.82) is 0 Å². The van der Waals surface area contributed by atoms with Crippen LogP contribution in [-0.2, 0) is 6.54 Å². The zero-order chi connectivity index (χ0) is 16.4. The number of likely N-dealkylation sites (tertiary alicyclic amines) is 1. The Kier molecular flexibility index (Phi) is 4.12. The van der Waals surface area contributed by atoms with Gasteiger partial charge in [0.05, 0.1) is 16.8 Å². The van der Waals surface area contributed by atoms with Crippen LogP contribution in [0.2, 0.25) is 0 Å². The molecule has 0 spiro atoms. The molecule has 7 nitrogen and oxygen atoms in total. The predicted octanol–water partition coefficient (Wildman–Crippen LogP) is 2.77. The number of hydrogen-bond acceptors (Lipinski definition) is 6. The van der Waals surface area contributed by atoms with Gasteiger partial charge in [-0.3, -0.25) is 0 Å². The summed E-state index contributed by atoms with van der Waals surface area (Å²) in [6, 6.07) is 7.92. The molecular formula is C16H17N5O2S. The Hall–Kier alpha value is -2.48. The molecule has 1 aliphatic rings. The van der Waals surface area contributed by atoms with Gasteiger partial charge in [0.1, 0.15) is 5.01 Å². The average Bonchev–Trinajstić information content (AvgIpc) is 3.29. The van der Waals surface area contributed by atoms with Crippen molar-refractivity contribution in [2.45, 2.75) is 25.3 Å². The van der Waals surface area contributed by atoms with E-state index in [4.69, 9.17) is 4.52 Å². The van der Waals surface area contributed by atoms with E-state index in [-0.39, 0.29) is 11.9 Å². The summed E-state index contributed by atoms with van der Waals surface area (Å²) in [6.45, 7) is 1.81. The summed E-state index contributed by atoms with van der Waals surface area (Å²) in [5.41, 5.74) is 0.974. The van der Waals surface area contributed by atoms with Crippen molar-refractivity contribution in [3.63, 3.8) is 0 Å². The molecular weight excluding hydrogens is 326 g/mol. The Morgan fingerprint density at radius 1 is 1.42 bits per heavy atom. The minimum atomic E-state index is -0.0672. The first kappa shape index (κ1) is 15.1. The molecule has 2 amide bonds. The molecule has 1 unspecified atom stereocenters. The molecule has 1 aromatic carbocycles. The summed E-state index contributed by atoms with van der Waals surface area (Å²) >= 11 is 1.61. The number of nitrogens with zero attached hydrogens (tertiary/aromatic N) is 4. The quantitative estimate of drug-likeness (QED) is 0.790. The smallest absolute Gasteiger partial charge is 0.317 e. The topological polar surface area (TPSA) is 84.2 Å². The van der Waals surface area contributed by atoms with Crippen LogP contribution in [0.3, 0.4) is 0 Å². The minimum absolute atomic E-state index is 0.0672. The van der Waals surface area contributed by atoms with Crippen molar-refractivity contribution in [3.8, 4) is 0 Å². The fourth-order valence-electron chi connectivity index (χ4n) is 2.99. The molecule has 0 radical (unpaired) electrons. The van der Waals surface area contributed by atoms with Crippen LogP contribution < -0.4 is 5.32 Å². The van der Waals surface area contributed by atoms with Gasteiger partial charge in [0.25, 0.3) is 0 Å². The number of amides is 2. The highest BCUT2D eigenvalue weighted by atomic mass is 32.1. The van der Waals surface area contributed by atoms with Crippen LogP contribution >= 0.6 is 11.3 Å². The molecule has 24 heavy (non-hydrogen) atoms. The Bertz CT molecular complexity index is 799. The third-order valence-corrected chi connectivity index (χ3v) is 5.22. The van der Waals surface area contributed by atoms with Gasteiger partial charge in [-0.25, -0.2) is 9.78 Å². The number of rotatable bonds is 3. The summed E-state index contributed by atoms with van der Waals surface area (Å²) in [4.78, 5) is 22.9. The van der Waals surface area contributed by atoms with Crippen molar-refractivity contribution in [3.05, 3.63) is 41.5 Å². The van der Waals surface area contributed by atoms with Crippen LogP contribution in [0, 0.1) is 0 Å². The molecule has 124 valence electrons. The first-order chi connectivity index (χ1) is 11.8. The fraction of sp³-hybridized carbons (Fsp3) is 0.375. The Morgan fingerprint density at radius 2 is 2.33 bits per heavy atom. The number of benzene rings is 1. The van der Waals surface area contributed by atoms with Gasteiger partial charge in [0.15, 0.2) is 5.82 Å². The van der Waals surface area contributed by atoms with E-state index in [2.05, 4.69) is 20.4 Å². The second-order valence-corrected chi connectivity index (χ2v) is 6.92. The number of thiazole rings is 1. The van der Waals surface area contributed by atoms with Crippen molar-refractivity contribution in [2.75, 3.05) is 13.1 Å². The van der Waals surface area contributed by atoms with Crippen LogP contribution in [0.25, 0.3) is 10.2 Å². The molecule has 0 saturated carbocycles. The fourth-order valence-corrected chi connectivity index (χ4v) is 3.90. The SMILES string of the molecule is O=C(NCc1nc2ccccc2s1)N1CCCC(c2ncon2)C1. The van der Waals surface area contributed by atoms with Crippen molar-refractivity contribution >= 4 is 27.6 Å². The minimum Gasteiger partial charge on any atom is -0.343 e. The van der Waals surface area contributed by atoms with Gasteiger partial charge in [0.2, 0.25) is 6.39 Å². The van der Waals surface area contributed by atoms with Crippen LogP contribution in [0.15, 0.2) is 35.2 Å². The molecule has 8 heteroatoms. The number of urea groups is 1. The third-order valence-electron chi connectivity index (χ3n) is 4.18. The summed E-state index contributed by atoms with van der Waals surface area (Å²) in [5.74, 6) is 0.823. The summed E-state index contributed by atoms with van der Waals surface area (Å²) < 4.78 is 5.95. The number of hydrogen-bond donors (Lipinski definition) is 1. The largest absolute Gasteiger partial charge is 0.343 e. The first-order valence-electron chi connectivity index (χ1n) is 7.93. The van der Waals surface area contributed by atoms with E-state index in [1.54, 1.807) is 11.3 Å². The molecule has 0 aliphatic carbocycles. The normalized spacial score (nSPS) is 18.0. The molecule has 1 saturated heterocycles. The lowest BCUT2D eigenvalue weighted by molar-refractivity contribution is 0.177. The Balaban J connectivity index is 1.37. The van der Waals surface area contributed by atoms with E-state index in [0.717, 1.165) is 34.6 Å². The van der Waals surface area contributed by atoms with Gasteiger partial charge < -0.3 is 14.7 Å². The Morgan fingerprint density at radius 3 is 3.17 bits per heavy atom. The Labute approximate surface area is 142 Å². The number of aromatic nitrogens is 3.